The molecule has 5 heteroatoms. The summed E-state index contributed by atoms with van der Waals surface area (Å²) in [6.07, 6.45) is 0. The molecule has 0 spiro atoms. The van der Waals surface area contributed by atoms with Gasteiger partial charge in [-0.1, -0.05) is 63.2 Å². The van der Waals surface area contributed by atoms with Crippen molar-refractivity contribution in [2.24, 2.45) is 0 Å². The molecular formula is C30H33N3O2. The van der Waals surface area contributed by atoms with Gasteiger partial charge < -0.3 is 10.2 Å². The zero-order valence-electron chi connectivity index (χ0n) is 21.1. The first kappa shape index (κ1) is 24.3. The van der Waals surface area contributed by atoms with Gasteiger partial charge in [0.15, 0.2) is 0 Å². The highest BCUT2D eigenvalue weighted by Gasteiger charge is 2.40. The van der Waals surface area contributed by atoms with E-state index in [0.717, 1.165) is 30.0 Å². The number of rotatable bonds is 7. The monoisotopic (exact) mass is 467 g/mol. The molecule has 2 amide bonds. The molecule has 1 aliphatic heterocycles. The molecule has 0 unspecified atom stereocenters. The number of imide groups is 1. The topological polar surface area (TPSA) is 52.7 Å². The molecule has 0 aliphatic carbocycles. The van der Waals surface area contributed by atoms with Crippen LogP contribution in [-0.4, -0.2) is 24.9 Å². The molecule has 0 radical (unpaired) electrons. The van der Waals surface area contributed by atoms with Gasteiger partial charge in [-0.25, -0.2) is 4.90 Å². The van der Waals surface area contributed by atoms with Crippen LogP contribution in [0.3, 0.4) is 0 Å². The maximum absolute atomic E-state index is 13.6. The number of hydrogen-bond donors (Lipinski definition) is 1. The Hall–Kier alpha value is -3.86. The van der Waals surface area contributed by atoms with Crippen molar-refractivity contribution in [1.29, 1.82) is 0 Å². The molecule has 180 valence electrons. The number of carbonyl (C=O) groups is 2. The Morgan fingerprint density at radius 3 is 1.91 bits per heavy atom. The largest absolute Gasteiger partial charge is 0.372 e. The van der Waals surface area contributed by atoms with Crippen LogP contribution < -0.4 is 15.1 Å². The first-order valence-electron chi connectivity index (χ1n) is 12.2. The Kier molecular flexibility index (Phi) is 6.79. The summed E-state index contributed by atoms with van der Waals surface area (Å²) >= 11 is 0. The molecule has 1 aliphatic rings. The van der Waals surface area contributed by atoms with E-state index in [4.69, 9.17) is 0 Å². The maximum atomic E-state index is 13.6. The van der Waals surface area contributed by atoms with Gasteiger partial charge in [0.2, 0.25) is 0 Å². The summed E-state index contributed by atoms with van der Waals surface area (Å²) < 4.78 is 0. The highest BCUT2D eigenvalue weighted by molar-refractivity contribution is 6.46. The minimum Gasteiger partial charge on any atom is -0.372 e. The lowest BCUT2D eigenvalue weighted by Crippen LogP contribution is -2.32. The predicted octanol–water partition coefficient (Wildman–Crippen LogP) is 6.23. The van der Waals surface area contributed by atoms with E-state index in [1.54, 1.807) is 0 Å². The van der Waals surface area contributed by atoms with Crippen LogP contribution in [0.4, 0.5) is 17.1 Å². The summed E-state index contributed by atoms with van der Waals surface area (Å²) in [4.78, 5) is 30.8. The lowest BCUT2D eigenvalue weighted by atomic mass is 9.87. The van der Waals surface area contributed by atoms with Gasteiger partial charge in [0.25, 0.3) is 11.8 Å². The molecule has 0 saturated carbocycles. The van der Waals surface area contributed by atoms with Gasteiger partial charge in [-0.05, 0) is 66.8 Å². The van der Waals surface area contributed by atoms with E-state index in [9.17, 15) is 9.59 Å². The first-order chi connectivity index (χ1) is 16.7. The maximum Gasteiger partial charge on any atom is 0.282 e. The normalized spacial score (nSPS) is 14.0. The van der Waals surface area contributed by atoms with Crippen molar-refractivity contribution in [1.82, 2.24) is 0 Å². The van der Waals surface area contributed by atoms with Crippen LogP contribution in [0.15, 0.2) is 84.6 Å². The summed E-state index contributed by atoms with van der Waals surface area (Å²) in [5.74, 6) is -0.683. The van der Waals surface area contributed by atoms with Crippen molar-refractivity contribution in [3.8, 4) is 0 Å². The molecule has 0 fully saturated rings. The highest BCUT2D eigenvalue weighted by Crippen LogP contribution is 2.35. The fraction of sp³-hybridized carbons (Fsp3) is 0.267. The second kappa shape index (κ2) is 9.79. The molecule has 0 saturated heterocycles. The molecule has 0 aromatic heterocycles. The van der Waals surface area contributed by atoms with Crippen LogP contribution in [0.25, 0.3) is 5.57 Å². The molecule has 1 N–H and O–H groups in total. The molecule has 5 nitrogen and oxygen atoms in total. The Morgan fingerprint density at radius 2 is 1.37 bits per heavy atom. The zero-order chi connectivity index (χ0) is 25.2. The fourth-order valence-electron chi connectivity index (χ4n) is 4.35. The number of nitrogens with one attached hydrogen (secondary N) is 1. The van der Waals surface area contributed by atoms with Crippen molar-refractivity contribution in [2.75, 3.05) is 28.2 Å². The molecular weight excluding hydrogens is 434 g/mol. The van der Waals surface area contributed by atoms with Crippen LogP contribution in [0.5, 0.6) is 0 Å². The number of hydrogen-bond acceptors (Lipinski definition) is 4. The number of anilines is 3. The minimum absolute atomic E-state index is 0.0188. The van der Waals surface area contributed by atoms with Gasteiger partial charge >= 0.3 is 0 Å². The van der Waals surface area contributed by atoms with Crippen molar-refractivity contribution in [3.05, 3.63) is 95.7 Å². The Bertz CT molecular complexity index is 1230. The molecule has 4 rings (SSSR count). The average Bonchev–Trinajstić information content (AvgIpc) is 3.10. The van der Waals surface area contributed by atoms with Crippen LogP contribution >= 0.6 is 0 Å². The quantitative estimate of drug-likeness (QED) is 0.419. The zero-order valence-corrected chi connectivity index (χ0v) is 21.1. The van der Waals surface area contributed by atoms with Crippen molar-refractivity contribution < 1.29 is 9.59 Å². The van der Waals surface area contributed by atoms with E-state index in [0.29, 0.717) is 16.8 Å². The standard InChI is InChI=1S/C30H33N3O2/c1-6-32(7-2)24-19-15-23(16-20-24)31-27-26(21-11-9-8-10-12-21)28(34)33(29(27)35)25-17-13-22(14-18-25)30(3,4)5/h8-20,31H,6-7H2,1-5H3. The third kappa shape index (κ3) is 4.85. The second-order valence-corrected chi connectivity index (χ2v) is 9.70. The van der Waals surface area contributed by atoms with Gasteiger partial charge in [0.1, 0.15) is 5.70 Å². The third-order valence-corrected chi connectivity index (χ3v) is 6.40. The summed E-state index contributed by atoms with van der Waals surface area (Å²) in [5.41, 5.74) is 4.94. The predicted molar refractivity (Wildman–Crippen MR) is 145 cm³/mol. The van der Waals surface area contributed by atoms with Crippen molar-refractivity contribution in [2.45, 2.75) is 40.0 Å². The van der Waals surface area contributed by atoms with Gasteiger partial charge in [0, 0.05) is 24.5 Å². The Labute approximate surface area is 208 Å². The summed E-state index contributed by atoms with van der Waals surface area (Å²) in [5, 5.41) is 3.26. The summed E-state index contributed by atoms with van der Waals surface area (Å²) in [6, 6.07) is 25.0. The van der Waals surface area contributed by atoms with Crippen LogP contribution in [0.1, 0.15) is 45.7 Å². The number of carbonyl (C=O) groups excluding carboxylic acids is 2. The summed E-state index contributed by atoms with van der Waals surface area (Å²) in [6.45, 7) is 12.5. The lowest BCUT2D eigenvalue weighted by molar-refractivity contribution is -0.120. The Balaban J connectivity index is 1.71. The number of benzene rings is 3. The van der Waals surface area contributed by atoms with E-state index >= 15 is 0 Å². The van der Waals surface area contributed by atoms with Gasteiger partial charge in [-0.15, -0.1) is 0 Å². The van der Waals surface area contributed by atoms with Crippen LogP contribution in [0, 0.1) is 0 Å². The number of amides is 2. The van der Waals surface area contributed by atoms with Crippen molar-refractivity contribution >= 4 is 34.4 Å². The van der Waals surface area contributed by atoms with Gasteiger partial charge in [-0.3, -0.25) is 9.59 Å². The average molecular weight is 468 g/mol. The van der Waals surface area contributed by atoms with Crippen molar-refractivity contribution in [3.63, 3.8) is 0 Å². The minimum atomic E-state index is -0.356. The Morgan fingerprint density at radius 1 is 0.771 bits per heavy atom. The molecule has 3 aromatic rings. The SMILES string of the molecule is CCN(CC)c1ccc(NC2=C(c3ccccc3)C(=O)N(c3ccc(C(C)(C)C)cc3)C2=O)cc1. The lowest BCUT2D eigenvalue weighted by Gasteiger charge is -2.21. The molecule has 3 aromatic carbocycles. The number of nitrogens with zero attached hydrogens (tertiary/aromatic N) is 2. The second-order valence-electron chi connectivity index (χ2n) is 9.70. The van der Waals surface area contributed by atoms with E-state index < -0.39 is 0 Å². The van der Waals surface area contributed by atoms with Crippen LogP contribution in [0.2, 0.25) is 0 Å². The third-order valence-electron chi connectivity index (χ3n) is 6.40. The molecule has 0 atom stereocenters. The van der Waals surface area contributed by atoms with Gasteiger partial charge in [-0.2, -0.15) is 0 Å². The van der Waals surface area contributed by atoms with Gasteiger partial charge in [0.05, 0.1) is 11.3 Å². The van der Waals surface area contributed by atoms with E-state index in [1.807, 2.05) is 78.9 Å². The van der Waals surface area contributed by atoms with E-state index in [1.165, 1.54) is 4.90 Å². The highest BCUT2D eigenvalue weighted by atomic mass is 16.2. The smallest absolute Gasteiger partial charge is 0.282 e. The first-order valence-corrected chi connectivity index (χ1v) is 12.2. The molecule has 1 heterocycles. The van der Waals surface area contributed by atoms with Crippen LogP contribution in [-0.2, 0) is 15.0 Å². The molecule has 0 bridgehead atoms. The van der Waals surface area contributed by atoms with E-state index in [-0.39, 0.29) is 22.9 Å². The fourth-order valence-corrected chi connectivity index (χ4v) is 4.35. The molecule has 35 heavy (non-hydrogen) atoms. The summed E-state index contributed by atoms with van der Waals surface area (Å²) in [7, 11) is 0. The van der Waals surface area contributed by atoms with E-state index in [2.05, 4.69) is 44.8 Å².